The molecule has 1 atom stereocenters. The molecule has 0 spiro atoms. The molecule has 1 unspecified atom stereocenters. The molecule has 2 heteroatoms. The van der Waals surface area contributed by atoms with Crippen molar-refractivity contribution in [1.82, 2.24) is 5.32 Å². The van der Waals surface area contributed by atoms with E-state index in [1.54, 1.807) is 6.08 Å². The van der Waals surface area contributed by atoms with Crippen molar-refractivity contribution in [2.45, 2.75) is 19.3 Å². The molecule has 1 saturated heterocycles. The van der Waals surface area contributed by atoms with E-state index in [1.165, 1.54) is 12.8 Å². The van der Waals surface area contributed by atoms with Crippen LogP contribution in [-0.2, 0) is 4.79 Å². The lowest BCUT2D eigenvalue weighted by Gasteiger charge is -2.20. The molecule has 0 bridgehead atoms. The Labute approximate surface area is 67.7 Å². The Morgan fingerprint density at radius 2 is 2.45 bits per heavy atom. The molecule has 2 nitrogen and oxygen atoms in total. The highest BCUT2D eigenvalue weighted by molar-refractivity contribution is 5.64. The van der Waals surface area contributed by atoms with Gasteiger partial charge in [0.2, 0.25) is 0 Å². The zero-order valence-corrected chi connectivity index (χ0v) is 6.75. The zero-order valence-electron chi connectivity index (χ0n) is 6.75. The largest absolute Gasteiger partial charge is 0.316 e. The molecule has 1 N–H and O–H groups in total. The minimum Gasteiger partial charge on any atom is -0.316 e. The van der Waals surface area contributed by atoms with Gasteiger partial charge in [-0.2, -0.15) is 0 Å². The van der Waals surface area contributed by atoms with Gasteiger partial charge in [-0.05, 0) is 44.3 Å². The summed E-state index contributed by atoms with van der Waals surface area (Å²) >= 11 is 0. The van der Waals surface area contributed by atoms with Crippen LogP contribution in [0.1, 0.15) is 19.3 Å². The van der Waals surface area contributed by atoms with Crippen LogP contribution in [0.5, 0.6) is 0 Å². The van der Waals surface area contributed by atoms with Crippen molar-refractivity contribution >= 4 is 6.29 Å². The van der Waals surface area contributed by atoms with E-state index in [-0.39, 0.29) is 0 Å². The van der Waals surface area contributed by atoms with Crippen LogP contribution in [0.15, 0.2) is 12.2 Å². The first kappa shape index (κ1) is 8.47. The first-order chi connectivity index (χ1) is 5.43. The Hall–Kier alpha value is -0.630. The highest BCUT2D eigenvalue weighted by Gasteiger charge is 2.10. The number of hydrogen-bond donors (Lipinski definition) is 1. The van der Waals surface area contributed by atoms with Gasteiger partial charge in [0.1, 0.15) is 6.29 Å². The lowest BCUT2D eigenvalue weighted by Crippen LogP contribution is -2.29. The van der Waals surface area contributed by atoms with E-state index in [4.69, 9.17) is 0 Å². The first-order valence-corrected chi connectivity index (χ1v) is 4.24. The maximum absolute atomic E-state index is 9.94. The fourth-order valence-corrected chi connectivity index (χ4v) is 1.45. The topological polar surface area (TPSA) is 29.1 Å². The van der Waals surface area contributed by atoms with Crippen molar-refractivity contribution in [2.24, 2.45) is 5.92 Å². The van der Waals surface area contributed by atoms with Crippen molar-refractivity contribution in [1.29, 1.82) is 0 Å². The summed E-state index contributed by atoms with van der Waals surface area (Å²) in [4.78, 5) is 9.94. The quantitative estimate of drug-likeness (QED) is 0.486. The van der Waals surface area contributed by atoms with Gasteiger partial charge >= 0.3 is 0 Å². The number of carbonyl (C=O) groups is 1. The molecule has 0 aromatic heterocycles. The molecular formula is C9H15NO. The number of piperidine rings is 1. The average Bonchev–Trinajstić information content (AvgIpc) is 2.07. The van der Waals surface area contributed by atoms with E-state index in [0.717, 1.165) is 31.7 Å². The van der Waals surface area contributed by atoms with Gasteiger partial charge in [0.05, 0.1) is 0 Å². The molecule has 1 heterocycles. The molecule has 0 aromatic rings. The lowest BCUT2D eigenvalue weighted by molar-refractivity contribution is -0.104. The minimum atomic E-state index is 0.750. The van der Waals surface area contributed by atoms with Crippen molar-refractivity contribution in [3.05, 3.63) is 12.2 Å². The number of carbonyl (C=O) groups excluding carboxylic acids is 1. The van der Waals surface area contributed by atoms with Crippen molar-refractivity contribution in [2.75, 3.05) is 13.1 Å². The van der Waals surface area contributed by atoms with Gasteiger partial charge in [-0.3, -0.25) is 4.79 Å². The van der Waals surface area contributed by atoms with Crippen LogP contribution < -0.4 is 5.32 Å². The summed E-state index contributed by atoms with van der Waals surface area (Å²) in [5.74, 6) is 0.750. The van der Waals surface area contributed by atoms with Crippen molar-refractivity contribution in [3.63, 3.8) is 0 Å². The third kappa shape index (κ3) is 3.33. The van der Waals surface area contributed by atoms with Crippen LogP contribution in [0.2, 0.25) is 0 Å². The summed E-state index contributed by atoms with van der Waals surface area (Å²) in [6.07, 6.45) is 8.02. The SMILES string of the molecule is O=C/C=C\CC1CCCNC1. The van der Waals surface area contributed by atoms with Crippen LogP contribution in [0.25, 0.3) is 0 Å². The predicted molar refractivity (Wildman–Crippen MR) is 45.4 cm³/mol. The van der Waals surface area contributed by atoms with Crippen LogP contribution in [-0.4, -0.2) is 19.4 Å². The number of aldehydes is 1. The normalized spacial score (nSPS) is 25.6. The molecule has 0 amide bonds. The minimum absolute atomic E-state index is 0.750. The molecule has 0 radical (unpaired) electrons. The van der Waals surface area contributed by atoms with Gasteiger partial charge in [0.15, 0.2) is 0 Å². The second-order valence-electron chi connectivity index (χ2n) is 3.01. The van der Waals surface area contributed by atoms with Gasteiger partial charge in [0, 0.05) is 0 Å². The summed E-state index contributed by atoms with van der Waals surface area (Å²) in [6, 6.07) is 0. The molecule has 0 aromatic carbocycles. The highest BCUT2D eigenvalue weighted by Crippen LogP contribution is 2.13. The average molecular weight is 153 g/mol. The fraction of sp³-hybridized carbons (Fsp3) is 0.667. The fourth-order valence-electron chi connectivity index (χ4n) is 1.45. The number of rotatable bonds is 3. The molecule has 0 saturated carbocycles. The van der Waals surface area contributed by atoms with Gasteiger partial charge < -0.3 is 5.32 Å². The zero-order chi connectivity index (χ0) is 7.94. The molecular weight excluding hydrogens is 138 g/mol. The second kappa shape index (κ2) is 5.08. The first-order valence-electron chi connectivity index (χ1n) is 4.24. The predicted octanol–water partition coefficient (Wildman–Crippen LogP) is 1.13. The number of nitrogens with one attached hydrogen (secondary N) is 1. The molecule has 1 fully saturated rings. The van der Waals surface area contributed by atoms with Crippen molar-refractivity contribution in [3.8, 4) is 0 Å². The molecule has 1 aliphatic heterocycles. The van der Waals surface area contributed by atoms with E-state index in [1.807, 2.05) is 6.08 Å². The molecule has 0 aliphatic carbocycles. The highest BCUT2D eigenvalue weighted by atomic mass is 16.1. The standard InChI is InChI=1S/C9H15NO/c11-7-2-1-4-9-5-3-6-10-8-9/h1-2,7,9-10H,3-6,8H2/b2-1-. The van der Waals surface area contributed by atoms with Crippen LogP contribution in [0.3, 0.4) is 0 Å². The van der Waals surface area contributed by atoms with Gasteiger partial charge in [0.25, 0.3) is 0 Å². The third-order valence-electron chi connectivity index (χ3n) is 2.08. The van der Waals surface area contributed by atoms with Crippen LogP contribution in [0.4, 0.5) is 0 Å². The lowest BCUT2D eigenvalue weighted by atomic mass is 9.96. The maximum atomic E-state index is 9.94. The van der Waals surface area contributed by atoms with E-state index in [0.29, 0.717) is 0 Å². The molecule has 62 valence electrons. The smallest absolute Gasteiger partial charge is 0.142 e. The van der Waals surface area contributed by atoms with Crippen LogP contribution in [0, 0.1) is 5.92 Å². The Balaban J connectivity index is 2.14. The van der Waals surface area contributed by atoms with Crippen molar-refractivity contribution < 1.29 is 4.79 Å². The summed E-state index contributed by atoms with van der Waals surface area (Å²) in [5, 5.41) is 3.34. The molecule has 1 rings (SSSR count). The maximum Gasteiger partial charge on any atom is 0.142 e. The Bertz CT molecular complexity index is 136. The Morgan fingerprint density at radius 1 is 1.55 bits per heavy atom. The van der Waals surface area contributed by atoms with E-state index >= 15 is 0 Å². The third-order valence-corrected chi connectivity index (χ3v) is 2.08. The van der Waals surface area contributed by atoms with Crippen LogP contribution >= 0.6 is 0 Å². The number of allylic oxidation sites excluding steroid dienone is 2. The van der Waals surface area contributed by atoms with Gasteiger partial charge in [-0.1, -0.05) is 6.08 Å². The van der Waals surface area contributed by atoms with E-state index < -0.39 is 0 Å². The number of hydrogen-bond acceptors (Lipinski definition) is 2. The Kier molecular flexibility index (Phi) is 3.91. The van der Waals surface area contributed by atoms with E-state index in [9.17, 15) is 4.79 Å². The summed E-state index contributed by atoms with van der Waals surface area (Å²) < 4.78 is 0. The van der Waals surface area contributed by atoms with E-state index in [2.05, 4.69) is 5.32 Å². The van der Waals surface area contributed by atoms with Gasteiger partial charge in [-0.15, -0.1) is 0 Å². The monoisotopic (exact) mass is 153 g/mol. The summed E-state index contributed by atoms with van der Waals surface area (Å²) in [6.45, 7) is 2.27. The molecule has 1 aliphatic rings. The summed E-state index contributed by atoms with van der Waals surface area (Å²) in [5.41, 5.74) is 0. The summed E-state index contributed by atoms with van der Waals surface area (Å²) in [7, 11) is 0. The second-order valence-corrected chi connectivity index (χ2v) is 3.01. The molecule has 11 heavy (non-hydrogen) atoms. The van der Waals surface area contributed by atoms with Gasteiger partial charge in [-0.25, -0.2) is 0 Å². The Morgan fingerprint density at radius 3 is 3.09 bits per heavy atom.